The van der Waals surface area contributed by atoms with Crippen molar-refractivity contribution in [3.05, 3.63) is 53.6 Å². The van der Waals surface area contributed by atoms with E-state index in [1.54, 1.807) is 12.1 Å². The molecule has 3 aromatic heterocycles. The fourth-order valence-electron chi connectivity index (χ4n) is 6.53. The Morgan fingerprint density at radius 3 is 2.52 bits per heavy atom. The second-order valence-electron chi connectivity index (χ2n) is 11.2. The van der Waals surface area contributed by atoms with Crippen molar-refractivity contribution < 1.29 is 17.6 Å². The van der Waals surface area contributed by atoms with Gasteiger partial charge in [-0.15, -0.1) is 0 Å². The van der Waals surface area contributed by atoms with E-state index in [4.69, 9.17) is 16.5 Å². The molecule has 2 bridgehead atoms. The smallest absolute Gasteiger partial charge is 0.291 e. The quantitative estimate of drug-likeness (QED) is 0.327. The molecule has 1 amide bonds. The average Bonchev–Trinajstić information content (AvgIpc) is 3.27. The van der Waals surface area contributed by atoms with Gasteiger partial charge in [-0.25, -0.2) is 22.8 Å². The Morgan fingerprint density at radius 1 is 1.20 bits per heavy atom. The lowest BCUT2D eigenvalue weighted by atomic mass is 9.87. The Kier molecular flexibility index (Phi) is 5.36. The van der Waals surface area contributed by atoms with Gasteiger partial charge in [0.05, 0.1) is 11.9 Å². The number of anilines is 1. The number of H-pyrrole nitrogens is 1. The van der Waals surface area contributed by atoms with Crippen molar-refractivity contribution in [2.24, 2.45) is 5.73 Å². The van der Waals surface area contributed by atoms with E-state index in [0.717, 1.165) is 31.9 Å². The zero-order valence-corrected chi connectivity index (χ0v) is 22.5. The molecule has 12 nitrogen and oxygen atoms in total. The standard InChI is InChI=1S/C26H28FN9O3S/c1-40(38,39)21-20(14-8-15-3-4-16(9-14)35(15)25(37)23-30-12-31-34-23)33-24-17(11-32-36(24)22(21)28)13-2-5-18(19(27)10-13)26(29)6-7-26/h2,5,10-12,14-16H,3-4,6-9,28-29H2,1H3,(H,30,31,34)/t14?,15-,16+. The number of carbonyl (C=O) groups excluding carboxylic acids is 1. The molecule has 40 heavy (non-hydrogen) atoms. The Balaban J connectivity index is 1.31. The molecule has 2 saturated heterocycles. The Morgan fingerprint density at radius 2 is 1.93 bits per heavy atom. The van der Waals surface area contributed by atoms with E-state index < -0.39 is 21.2 Å². The number of nitrogens with two attached hydrogens (primary N) is 2. The molecule has 1 aromatic carbocycles. The zero-order valence-electron chi connectivity index (χ0n) is 21.7. The fourth-order valence-corrected chi connectivity index (χ4v) is 7.59. The van der Waals surface area contributed by atoms with Crippen molar-refractivity contribution in [3.63, 3.8) is 0 Å². The highest BCUT2D eigenvalue weighted by atomic mass is 32.2. The number of nitrogens with one attached hydrogen (secondary N) is 1. The number of amides is 1. The number of halogens is 1. The highest BCUT2D eigenvalue weighted by molar-refractivity contribution is 7.91. The third-order valence-corrected chi connectivity index (χ3v) is 9.77. The predicted molar refractivity (Wildman–Crippen MR) is 142 cm³/mol. The minimum absolute atomic E-state index is 0.0442. The van der Waals surface area contributed by atoms with Crippen LogP contribution in [0.4, 0.5) is 10.2 Å². The first-order valence-corrected chi connectivity index (χ1v) is 15.1. The molecule has 7 rings (SSSR count). The second kappa shape index (κ2) is 8.54. The first-order valence-electron chi connectivity index (χ1n) is 13.2. The molecule has 1 unspecified atom stereocenters. The van der Waals surface area contributed by atoms with Crippen molar-refractivity contribution in [3.8, 4) is 11.1 Å². The minimum Gasteiger partial charge on any atom is -0.382 e. The number of piperidine rings is 1. The number of aromatic amines is 1. The van der Waals surface area contributed by atoms with Gasteiger partial charge in [0.2, 0.25) is 5.82 Å². The fraction of sp³-hybridized carbons (Fsp3) is 0.423. The first kappa shape index (κ1) is 25.1. The molecular formula is C26H28FN9O3S. The van der Waals surface area contributed by atoms with E-state index in [1.165, 1.54) is 23.1 Å². The lowest BCUT2D eigenvalue weighted by Crippen LogP contribution is -2.46. The van der Waals surface area contributed by atoms with Gasteiger partial charge in [0, 0.05) is 40.9 Å². The van der Waals surface area contributed by atoms with Crippen molar-refractivity contribution in [2.75, 3.05) is 12.0 Å². The lowest BCUT2D eigenvalue weighted by Gasteiger charge is -2.38. The van der Waals surface area contributed by atoms with Gasteiger partial charge >= 0.3 is 0 Å². The predicted octanol–water partition coefficient (Wildman–Crippen LogP) is 2.14. The molecule has 1 aliphatic carbocycles. The number of nitrogen functional groups attached to an aromatic ring is 1. The van der Waals surface area contributed by atoms with Gasteiger partial charge in [0.1, 0.15) is 22.9 Å². The maximum absolute atomic E-state index is 15.1. The summed E-state index contributed by atoms with van der Waals surface area (Å²) in [6.45, 7) is 0. The number of sulfone groups is 1. The number of hydrogen-bond acceptors (Lipinski definition) is 9. The van der Waals surface area contributed by atoms with Crippen LogP contribution in [0.2, 0.25) is 0 Å². The van der Waals surface area contributed by atoms with Crippen LogP contribution in [0.1, 0.15) is 66.3 Å². The summed E-state index contributed by atoms with van der Waals surface area (Å²) < 4.78 is 42.4. The minimum atomic E-state index is -3.79. The van der Waals surface area contributed by atoms with Gasteiger partial charge < -0.3 is 16.4 Å². The molecule has 3 fully saturated rings. The normalized spacial score (nSPS) is 23.6. The van der Waals surface area contributed by atoms with Gasteiger partial charge in [-0.1, -0.05) is 12.1 Å². The van der Waals surface area contributed by atoms with Crippen LogP contribution < -0.4 is 11.5 Å². The number of nitrogens with zero attached hydrogens (tertiary/aromatic N) is 6. The number of rotatable bonds is 5. The van der Waals surface area contributed by atoms with Gasteiger partial charge in [-0.2, -0.15) is 14.7 Å². The van der Waals surface area contributed by atoms with Crippen molar-refractivity contribution in [1.29, 1.82) is 0 Å². The number of fused-ring (bicyclic) bond motifs is 3. The van der Waals surface area contributed by atoms with E-state index in [0.29, 0.717) is 40.9 Å². The maximum Gasteiger partial charge on any atom is 0.291 e. The summed E-state index contributed by atoms with van der Waals surface area (Å²) in [5.41, 5.74) is 14.3. The van der Waals surface area contributed by atoms with Crippen LogP contribution in [0, 0.1) is 5.82 Å². The van der Waals surface area contributed by atoms with Crippen molar-refractivity contribution in [2.45, 2.75) is 67.0 Å². The summed E-state index contributed by atoms with van der Waals surface area (Å²) in [6, 6.07) is 4.66. The van der Waals surface area contributed by atoms with E-state index in [-0.39, 0.29) is 40.4 Å². The monoisotopic (exact) mass is 565 g/mol. The van der Waals surface area contributed by atoms with Crippen molar-refractivity contribution in [1.82, 2.24) is 34.7 Å². The summed E-state index contributed by atoms with van der Waals surface area (Å²) in [4.78, 5) is 23.7. The van der Waals surface area contributed by atoms with E-state index in [1.807, 2.05) is 4.90 Å². The summed E-state index contributed by atoms with van der Waals surface area (Å²) >= 11 is 0. The van der Waals surface area contributed by atoms with Crippen molar-refractivity contribution >= 4 is 27.2 Å². The summed E-state index contributed by atoms with van der Waals surface area (Å²) in [7, 11) is -3.79. The highest BCUT2D eigenvalue weighted by Crippen LogP contribution is 2.46. The van der Waals surface area contributed by atoms with Crippen LogP contribution in [0.5, 0.6) is 0 Å². The van der Waals surface area contributed by atoms with Crippen LogP contribution in [0.3, 0.4) is 0 Å². The third kappa shape index (κ3) is 3.80. The van der Waals surface area contributed by atoms with Crippen LogP contribution in [0.25, 0.3) is 16.8 Å². The van der Waals surface area contributed by atoms with Crippen LogP contribution in [-0.4, -0.2) is 67.3 Å². The number of benzene rings is 1. The van der Waals surface area contributed by atoms with E-state index in [9.17, 15) is 13.2 Å². The largest absolute Gasteiger partial charge is 0.382 e. The molecule has 3 atom stereocenters. The number of carbonyl (C=O) groups is 1. The second-order valence-corrected chi connectivity index (χ2v) is 13.2. The van der Waals surface area contributed by atoms with Gasteiger partial charge in [-0.05, 0) is 50.2 Å². The third-order valence-electron chi connectivity index (χ3n) is 8.61. The Bertz CT molecular complexity index is 1770. The molecule has 3 aliphatic rings. The SMILES string of the molecule is CS(=O)(=O)c1c(C2C[C@H]3CC[C@@H](C2)N3C(=O)c2ncn[nH]2)nc2c(-c3ccc(C4(N)CC4)c(F)c3)cnn2c1N. The van der Waals surface area contributed by atoms with Gasteiger partial charge in [-0.3, -0.25) is 9.89 Å². The van der Waals surface area contributed by atoms with E-state index >= 15 is 4.39 Å². The van der Waals surface area contributed by atoms with Gasteiger partial charge in [0.25, 0.3) is 5.91 Å². The molecule has 14 heteroatoms. The molecular weight excluding hydrogens is 537 g/mol. The van der Waals surface area contributed by atoms with Gasteiger partial charge in [0.15, 0.2) is 15.5 Å². The van der Waals surface area contributed by atoms with Crippen LogP contribution in [0.15, 0.2) is 35.6 Å². The summed E-state index contributed by atoms with van der Waals surface area (Å²) in [5, 5.41) is 10.7. The van der Waals surface area contributed by atoms with Crippen LogP contribution >= 0.6 is 0 Å². The first-order chi connectivity index (χ1) is 19.0. The molecule has 5 heterocycles. The Labute approximate surface area is 228 Å². The zero-order chi connectivity index (χ0) is 28.0. The Hall–Kier alpha value is -3.91. The highest BCUT2D eigenvalue weighted by Gasteiger charge is 2.46. The number of aromatic nitrogens is 6. The molecule has 0 radical (unpaired) electrons. The summed E-state index contributed by atoms with van der Waals surface area (Å²) in [6.07, 6.45) is 8.01. The molecule has 2 aliphatic heterocycles. The van der Waals surface area contributed by atoms with Crippen LogP contribution in [-0.2, 0) is 15.4 Å². The van der Waals surface area contributed by atoms with E-state index in [2.05, 4.69) is 20.3 Å². The maximum atomic E-state index is 15.1. The molecule has 4 aromatic rings. The molecule has 5 N–H and O–H groups in total. The summed E-state index contributed by atoms with van der Waals surface area (Å²) in [5.74, 6) is -0.748. The molecule has 0 spiro atoms. The average molecular weight is 566 g/mol. The molecule has 208 valence electrons. The molecule has 1 saturated carbocycles. The number of hydrogen-bond donors (Lipinski definition) is 3. The topological polar surface area (TPSA) is 178 Å². The lowest BCUT2D eigenvalue weighted by molar-refractivity contribution is 0.0556.